The number of hydrogen-bond donors (Lipinski definition) is 0. The second-order valence-electron chi connectivity index (χ2n) is 4.04. The Labute approximate surface area is 109 Å². The third kappa shape index (κ3) is 1.86. The topological polar surface area (TPSA) is 0 Å². The van der Waals surface area contributed by atoms with Gasteiger partial charge < -0.3 is 0 Å². The smallest absolute Gasteiger partial charge is 0.0413 e. The highest BCUT2D eigenvalue weighted by Gasteiger charge is 2.10. The Balaban J connectivity index is 2.35. The van der Waals surface area contributed by atoms with Crippen molar-refractivity contribution >= 4 is 33.0 Å². The largest absolute Gasteiger partial charge is 0.140 e. The van der Waals surface area contributed by atoms with E-state index in [4.69, 9.17) is 11.6 Å². The number of hydrogen-bond acceptors (Lipinski definition) is 1. The van der Waals surface area contributed by atoms with Gasteiger partial charge in [-0.1, -0.05) is 41.9 Å². The molecular formula is C15H11ClS. The molecule has 0 aliphatic carbocycles. The molecule has 2 heteroatoms. The van der Waals surface area contributed by atoms with Gasteiger partial charge in [0, 0.05) is 25.5 Å². The molecule has 1 heterocycles. The zero-order valence-corrected chi connectivity index (χ0v) is 11.0. The molecule has 3 aromatic rings. The van der Waals surface area contributed by atoms with E-state index in [-0.39, 0.29) is 0 Å². The molecule has 84 valence electrons. The van der Waals surface area contributed by atoms with Gasteiger partial charge in [0.05, 0.1) is 0 Å². The SMILES string of the molecule is Cc1sc2ccc(Cl)cc2c1-c1ccccc1. The van der Waals surface area contributed by atoms with Crippen LogP contribution in [-0.2, 0) is 0 Å². The van der Waals surface area contributed by atoms with E-state index in [1.807, 2.05) is 23.5 Å². The van der Waals surface area contributed by atoms with E-state index < -0.39 is 0 Å². The summed E-state index contributed by atoms with van der Waals surface area (Å²) in [5.41, 5.74) is 2.58. The summed E-state index contributed by atoms with van der Waals surface area (Å²) in [6, 6.07) is 16.6. The highest BCUT2D eigenvalue weighted by Crippen LogP contribution is 2.39. The molecule has 0 aliphatic rings. The molecule has 1 aromatic heterocycles. The van der Waals surface area contributed by atoms with Crippen molar-refractivity contribution in [3.63, 3.8) is 0 Å². The fraction of sp³-hybridized carbons (Fsp3) is 0.0667. The highest BCUT2D eigenvalue weighted by molar-refractivity contribution is 7.19. The molecule has 17 heavy (non-hydrogen) atoms. The quantitative estimate of drug-likeness (QED) is 0.538. The molecule has 0 atom stereocenters. The van der Waals surface area contributed by atoms with Crippen molar-refractivity contribution in [3.8, 4) is 11.1 Å². The minimum Gasteiger partial charge on any atom is -0.140 e. The number of fused-ring (bicyclic) bond motifs is 1. The Morgan fingerprint density at radius 1 is 1.00 bits per heavy atom. The molecular weight excluding hydrogens is 248 g/mol. The lowest BCUT2D eigenvalue weighted by Gasteiger charge is -2.01. The standard InChI is InChI=1S/C15H11ClS/c1-10-15(11-5-3-2-4-6-11)13-9-12(16)7-8-14(13)17-10/h2-9H,1H3. The predicted octanol–water partition coefficient (Wildman–Crippen LogP) is 5.53. The molecule has 0 amide bonds. The first-order valence-corrected chi connectivity index (χ1v) is 6.69. The van der Waals surface area contributed by atoms with Crippen molar-refractivity contribution < 1.29 is 0 Å². The van der Waals surface area contributed by atoms with Gasteiger partial charge in [0.25, 0.3) is 0 Å². The average molecular weight is 259 g/mol. The number of thiophene rings is 1. The van der Waals surface area contributed by atoms with Crippen LogP contribution >= 0.6 is 22.9 Å². The Bertz CT molecular complexity index is 668. The highest BCUT2D eigenvalue weighted by atomic mass is 35.5. The predicted molar refractivity (Wildman–Crippen MR) is 77.0 cm³/mol. The summed E-state index contributed by atoms with van der Waals surface area (Å²) in [6.45, 7) is 2.17. The van der Waals surface area contributed by atoms with Crippen molar-refractivity contribution in [1.29, 1.82) is 0 Å². The van der Waals surface area contributed by atoms with Gasteiger partial charge in [-0.3, -0.25) is 0 Å². The van der Waals surface area contributed by atoms with Gasteiger partial charge in [-0.2, -0.15) is 0 Å². The van der Waals surface area contributed by atoms with Gasteiger partial charge in [0.15, 0.2) is 0 Å². The number of rotatable bonds is 1. The minimum atomic E-state index is 0.799. The van der Waals surface area contributed by atoms with Crippen molar-refractivity contribution in [3.05, 3.63) is 58.4 Å². The summed E-state index contributed by atoms with van der Waals surface area (Å²) >= 11 is 7.92. The van der Waals surface area contributed by atoms with E-state index in [0.717, 1.165) is 5.02 Å². The van der Waals surface area contributed by atoms with Crippen LogP contribution in [-0.4, -0.2) is 0 Å². The molecule has 0 aliphatic heterocycles. The molecule has 0 bridgehead atoms. The number of aryl methyl sites for hydroxylation is 1. The second-order valence-corrected chi connectivity index (χ2v) is 5.73. The first kappa shape index (κ1) is 10.8. The minimum absolute atomic E-state index is 0.799. The van der Waals surface area contributed by atoms with Crippen molar-refractivity contribution in [2.75, 3.05) is 0 Å². The van der Waals surface area contributed by atoms with Crippen LogP contribution in [0.25, 0.3) is 21.2 Å². The van der Waals surface area contributed by atoms with E-state index >= 15 is 0 Å². The maximum Gasteiger partial charge on any atom is 0.0413 e. The normalized spacial score (nSPS) is 10.9. The third-order valence-electron chi connectivity index (χ3n) is 2.89. The summed E-state index contributed by atoms with van der Waals surface area (Å²) in [5.74, 6) is 0. The Kier molecular flexibility index (Phi) is 2.65. The lowest BCUT2D eigenvalue weighted by atomic mass is 10.0. The molecule has 0 nitrogen and oxygen atoms in total. The Hall–Kier alpha value is -1.31. The van der Waals surface area contributed by atoms with Crippen LogP contribution in [0.15, 0.2) is 48.5 Å². The van der Waals surface area contributed by atoms with E-state index in [9.17, 15) is 0 Å². The third-order valence-corrected chi connectivity index (χ3v) is 4.21. The summed E-state index contributed by atoms with van der Waals surface area (Å²) in [4.78, 5) is 1.34. The summed E-state index contributed by atoms with van der Waals surface area (Å²) < 4.78 is 1.30. The number of benzene rings is 2. The fourth-order valence-corrected chi connectivity index (χ4v) is 3.39. The maximum atomic E-state index is 6.09. The zero-order valence-electron chi connectivity index (χ0n) is 9.41. The van der Waals surface area contributed by atoms with Crippen LogP contribution in [0.2, 0.25) is 5.02 Å². The summed E-state index contributed by atoms with van der Waals surface area (Å²) in [5, 5.41) is 2.05. The van der Waals surface area contributed by atoms with Gasteiger partial charge in [-0.05, 0) is 30.7 Å². The van der Waals surface area contributed by atoms with Gasteiger partial charge >= 0.3 is 0 Å². The van der Waals surface area contributed by atoms with Crippen LogP contribution in [0, 0.1) is 6.92 Å². The Morgan fingerprint density at radius 3 is 2.53 bits per heavy atom. The van der Waals surface area contributed by atoms with Gasteiger partial charge in [-0.25, -0.2) is 0 Å². The fourth-order valence-electron chi connectivity index (χ4n) is 2.16. The van der Waals surface area contributed by atoms with Crippen LogP contribution in [0.5, 0.6) is 0 Å². The maximum absolute atomic E-state index is 6.09. The van der Waals surface area contributed by atoms with E-state index in [1.54, 1.807) is 0 Å². The molecule has 0 fully saturated rings. The molecule has 0 N–H and O–H groups in total. The molecule has 0 saturated carbocycles. The van der Waals surface area contributed by atoms with Crippen LogP contribution < -0.4 is 0 Å². The van der Waals surface area contributed by atoms with Gasteiger partial charge in [0.2, 0.25) is 0 Å². The van der Waals surface area contributed by atoms with E-state index in [0.29, 0.717) is 0 Å². The lowest BCUT2D eigenvalue weighted by molar-refractivity contribution is 1.60. The van der Waals surface area contributed by atoms with Crippen LogP contribution in [0.3, 0.4) is 0 Å². The second kappa shape index (κ2) is 4.17. The number of halogens is 1. The van der Waals surface area contributed by atoms with E-state index in [1.165, 1.54) is 26.1 Å². The van der Waals surface area contributed by atoms with Crippen molar-refractivity contribution in [1.82, 2.24) is 0 Å². The van der Waals surface area contributed by atoms with Crippen molar-refractivity contribution in [2.24, 2.45) is 0 Å². The first-order valence-electron chi connectivity index (χ1n) is 5.50. The van der Waals surface area contributed by atoms with Gasteiger partial charge in [-0.15, -0.1) is 11.3 Å². The summed E-state index contributed by atoms with van der Waals surface area (Å²) in [6.07, 6.45) is 0. The lowest BCUT2D eigenvalue weighted by Crippen LogP contribution is -1.77. The van der Waals surface area contributed by atoms with Gasteiger partial charge in [0.1, 0.15) is 0 Å². The molecule has 0 radical (unpaired) electrons. The summed E-state index contributed by atoms with van der Waals surface area (Å²) in [7, 11) is 0. The molecule has 0 spiro atoms. The Morgan fingerprint density at radius 2 is 1.76 bits per heavy atom. The average Bonchev–Trinajstić information content (AvgIpc) is 2.65. The van der Waals surface area contributed by atoms with Crippen LogP contribution in [0.1, 0.15) is 4.88 Å². The molecule has 0 unspecified atom stereocenters. The first-order chi connectivity index (χ1) is 8.25. The monoisotopic (exact) mass is 258 g/mol. The molecule has 2 aromatic carbocycles. The van der Waals surface area contributed by atoms with Crippen LogP contribution in [0.4, 0.5) is 0 Å². The van der Waals surface area contributed by atoms with E-state index in [2.05, 4.69) is 43.3 Å². The zero-order chi connectivity index (χ0) is 11.8. The van der Waals surface area contributed by atoms with Crippen molar-refractivity contribution in [2.45, 2.75) is 6.92 Å². The molecule has 3 rings (SSSR count). The molecule has 0 saturated heterocycles.